The molecule has 120 valence electrons. The Kier molecular flexibility index (Phi) is 4.65. The second kappa shape index (κ2) is 6.86. The zero-order chi connectivity index (χ0) is 16.2. The van der Waals surface area contributed by atoms with Crippen molar-refractivity contribution in [3.63, 3.8) is 0 Å². The average molecular weight is 309 g/mol. The molecule has 0 aliphatic carbocycles. The van der Waals surface area contributed by atoms with Crippen molar-refractivity contribution in [2.24, 2.45) is 0 Å². The molecule has 1 heterocycles. The van der Waals surface area contributed by atoms with Crippen molar-refractivity contribution in [2.45, 2.75) is 45.6 Å². The molecule has 0 bridgehead atoms. The van der Waals surface area contributed by atoms with Gasteiger partial charge in [-0.25, -0.2) is 0 Å². The quantitative estimate of drug-likeness (QED) is 0.624. The number of fused-ring (bicyclic) bond motifs is 3. The van der Waals surface area contributed by atoms with Gasteiger partial charge >= 0.3 is 5.97 Å². The van der Waals surface area contributed by atoms with Crippen molar-refractivity contribution in [1.82, 2.24) is 4.57 Å². The maximum atomic E-state index is 11.3. The molecule has 1 aromatic heterocycles. The van der Waals surface area contributed by atoms with Crippen LogP contribution in [0, 0.1) is 0 Å². The molecular formula is C20H23NO2. The standard InChI is InChI=1S/C20H23NO2/c1-2-3-4-5-8-15-11-12-17-16-9-6-7-10-18(16)21(14-20(22)23)19(17)13-15/h6-7,9-13H,2-5,8,14H2,1H3,(H,22,23). The summed E-state index contributed by atoms with van der Waals surface area (Å²) in [4.78, 5) is 11.3. The highest BCUT2D eigenvalue weighted by atomic mass is 16.4. The van der Waals surface area contributed by atoms with Gasteiger partial charge in [0.05, 0.1) is 0 Å². The molecular weight excluding hydrogens is 286 g/mol. The summed E-state index contributed by atoms with van der Waals surface area (Å²) >= 11 is 0. The molecule has 0 aliphatic rings. The van der Waals surface area contributed by atoms with E-state index in [1.165, 1.54) is 31.2 Å². The van der Waals surface area contributed by atoms with Crippen LogP contribution >= 0.6 is 0 Å². The van der Waals surface area contributed by atoms with E-state index in [1.807, 2.05) is 22.8 Å². The van der Waals surface area contributed by atoms with Crippen LogP contribution in [0.3, 0.4) is 0 Å². The molecule has 3 nitrogen and oxygen atoms in total. The Morgan fingerprint density at radius 2 is 1.78 bits per heavy atom. The Morgan fingerprint density at radius 3 is 2.57 bits per heavy atom. The van der Waals surface area contributed by atoms with E-state index < -0.39 is 5.97 Å². The van der Waals surface area contributed by atoms with E-state index in [-0.39, 0.29) is 6.54 Å². The Morgan fingerprint density at radius 1 is 1.00 bits per heavy atom. The molecule has 1 N–H and O–H groups in total. The average Bonchev–Trinajstić information content (AvgIpc) is 2.85. The van der Waals surface area contributed by atoms with Gasteiger partial charge in [0.15, 0.2) is 0 Å². The maximum Gasteiger partial charge on any atom is 0.323 e. The van der Waals surface area contributed by atoms with Crippen LogP contribution in [0.4, 0.5) is 0 Å². The lowest BCUT2D eigenvalue weighted by Crippen LogP contribution is -2.08. The third kappa shape index (κ3) is 3.24. The van der Waals surface area contributed by atoms with Crippen LogP contribution in [-0.4, -0.2) is 15.6 Å². The zero-order valence-corrected chi connectivity index (χ0v) is 13.6. The second-order valence-electron chi connectivity index (χ2n) is 6.16. The molecule has 0 fully saturated rings. The number of benzene rings is 2. The smallest absolute Gasteiger partial charge is 0.323 e. The van der Waals surface area contributed by atoms with Crippen LogP contribution in [0.25, 0.3) is 21.8 Å². The first-order chi connectivity index (χ1) is 11.2. The number of carboxylic acid groups (broad SMARTS) is 1. The summed E-state index contributed by atoms with van der Waals surface area (Å²) in [6.45, 7) is 2.22. The topological polar surface area (TPSA) is 42.2 Å². The Labute approximate surface area is 136 Å². The Hall–Kier alpha value is -2.29. The highest BCUT2D eigenvalue weighted by molar-refractivity contribution is 6.08. The van der Waals surface area contributed by atoms with E-state index in [4.69, 9.17) is 0 Å². The van der Waals surface area contributed by atoms with Crippen LogP contribution in [0.5, 0.6) is 0 Å². The predicted molar refractivity (Wildman–Crippen MR) is 94.9 cm³/mol. The van der Waals surface area contributed by atoms with Crippen LogP contribution in [0.2, 0.25) is 0 Å². The molecule has 3 heteroatoms. The Bertz CT molecular complexity index is 832. The number of aryl methyl sites for hydroxylation is 1. The number of rotatable bonds is 7. The van der Waals surface area contributed by atoms with E-state index in [2.05, 4.69) is 31.2 Å². The summed E-state index contributed by atoms with van der Waals surface area (Å²) in [5.41, 5.74) is 3.32. The van der Waals surface area contributed by atoms with Gasteiger partial charge in [0.2, 0.25) is 0 Å². The van der Waals surface area contributed by atoms with E-state index in [9.17, 15) is 9.90 Å². The van der Waals surface area contributed by atoms with Crippen LogP contribution in [0.15, 0.2) is 42.5 Å². The summed E-state index contributed by atoms with van der Waals surface area (Å²) in [6, 6.07) is 14.5. The molecule has 23 heavy (non-hydrogen) atoms. The SMILES string of the molecule is CCCCCCc1ccc2c3ccccc3n(CC(=O)O)c2c1. The summed E-state index contributed by atoms with van der Waals surface area (Å²) in [6.07, 6.45) is 6.03. The van der Waals surface area contributed by atoms with Crippen LogP contribution in [0.1, 0.15) is 38.2 Å². The van der Waals surface area contributed by atoms with Gasteiger partial charge in [0.25, 0.3) is 0 Å². The van der Waals surface area contributed by atoms with Gasteiger partial charge < -0.3 is 9.67 Å². The van der Waals surface area contributed by atoms with Crippen molar-refractivity contribution in [2.75, 3.05) is 0 Å². The largest absolute Gasteiger partial charge is 0.480 e. The van der Waals surface area contributed by atoms with Gasteiger partial charge in [-0.05, 0) is 30.5 Å². The normalized spacial score (nSPS) is 11.3. The zero-order valence-electron chi connectivity index (χ0n) is 13.6. The first-order valence-electron chi connectivity index (χ1n) is 8.42. The molecule has 0 saturated carbocycles. The fraction of sp³-hybridized carbons (Fsp3) is 0.350. The van der Waals surface area contributed by atoms with E-state index in [0.717, 1.165) is 28.2 Å². The van der Waals surface area contributed by atoms with Crippen LogP contribution < -0.4 is 0 Å². The number of unbranched alkanes of at least 4 members (excludes halogenated alkanes) is 3. The number of carbonyl (C=O) groups is 1. The summed E-state index contributed by atoms with van der Waals surface area (Å²) in [5, 5.41) is 11.5. The molecule has 0 atom stereocenters. The minimum Gasteiger partial charge on any atom is -0.480 e. The molecule has 3 rings (SSSR count). The van der Waals surface area contributed by atoms with E-state index in [1.54, 1.807) is 0 Å². The summed E-state index contributed by atoms with van der Waals surface area (Å²) in [7, 11) is 0. The van der Waals surface area contributed by atoms with E-state index >= 15 is 0 Å². The number of para-hydroxylation sites is 1. The second-order valence-corrected chi connectivity index (χ2v) is 6.16. The number of carboxylic acids is 1. The van der Waals surface area contributed by atoms with Crippen molar-refractivity contribution < 1.29 is 9.90 Å². The number of hydrogen-bond acceptors (Lipinski definition) is 1. The van der Waals surface area contributed by atoms with Gasteiger partial charge in [-0.2, -0.15) is 0 Å². The van der Waals surface area contributed by atoms with Crippen molar-refractivity contribution >= 4 is 27.8 Å². The first kappa shape index (κ1) is 15.6. The molecule has 3 aromatic rings. The molecule has 0 amide bonds. The summed E-state index contributed by atoms with van der Waals surface area (Å²) in [5.74, 6) is -0.805. The number of aliphatic carboxylic acids is 1. The van der Waals surface area contributed by atoms with Gasteiger partial charge in [0.1, 0.15) is 6.54 Å². The fourth-order valence-corrected chi connectivity index (χ4v) is 3.31. The van der Waals surface area contributed by atoms with Gasteiger partial charge in [-0.1, -0.05) is 56.5 Å². The lowest BCUT2D eigenvalue weighted by Gasteiger charge is -2.06. The van der Waals surface area contributed by atoms with Gasteiger partial charge in [-0.15, -0.1) is 0 Å². The predicted octanol–water partition coefficient (Wildman–Crippen LogP) is 5.00. The van der Waals surface area contributed by atoms with Crippen molar-refractivity contribution in [3.8, 4) is 0 Å². The number of aromatic nitrogens is 1. The minimum atomic E-state index is -0.805. The lowest BCUT2D eigenvalue weighted by atomic mass is 10.0. The monoisotopic (exact) mass is 309 g/mol. The lowest BCUT2D eigenvalue weighted by molar-refractivity contribution is -0.137. The minimum absolute atomic E-state index is 0.00328. The molecule has 0 saturated heterocycles. The first-order valence-corrected chi connectivity index (χ1v) is 8.42. The van der Waals surface area contributed by atoms with E-state index in [0.29, 0.717) is 0 Å². The maximum absolute atomic E-state index is 11.3. The molecule has 2 aromatic carbocycles. The highest BCUT2D eigenvalue weighted by Crippen LogP contribution is 2.30. The third-order valence-corrected chi connectivity index (χ3v) is 4.45. The van der Waals surface area contributed by atoms with Crippen LogP contribution in [-0.2, 0) is 17.8 Å². The highest BCUT2D eigenvalue weighted by Gasteiger charge is 2.12. The Balaban J connectivity index is 2.02. The third-order valence-electron chi connectivity index (χ3n) is 4.45. The van der Waals surface area contributed by atoms with Gasteiger partial charge in [0, 0.05) is 21.8 Å². The molecule has 0 aliphatic heterocycles. The number of hydrogen-bond donors (Lipinski definition) is 1. The van der Waals surface area contributed by atoms with Crippen molar-refractivity contribution in [1.29, 1.82) is 0 Å². The van der Waals surface area contributed by atoms with Gasteiger partial charge in [-0.3, -0.25) is 4.79 Å². The fourth-order valence-electron chi connectivity index (χ4n) is 3.31. The molecule has 0 radical (unpaired) electrons. The molecule has 0 spiro atoms. The molecule has 0 unspecified atom stereocenters. The summed E-state index contributed by atoms with van der Waals surface area (Å²) < 4.78 is 1.92. The number of nitrogens with zero attached hydrogens (tertiary/aromatic N) is 1. The van der Waals surface area contributed by atoms with Crippen molar-refractivity contribution in [3.05, 3.63) is 48.0 Å².